The van der Waals surface area contributed by atoms with Gasteiger partial charge in [-0.25, -0.2) is 18.7 Å². The van der Waals surface area contributed by atoms with E-state index in [0.29, 0.717) is 57.7 Å². The molecule has 1 aliphatic carbocycles. The van der Waals surface area contributed by atoms with Gasteiger partial charge in [-0.3, -0.25) is 14.6 Å². The third-order valence-electron chi connectivity index (χ3n) is 7.61. The van der Waals surface area contributed by atoms with Crippen LogP contribution < -0.4 is 16.0 Å². The fraction of sp³-hybridized carbons (Fsp3) is 0.258. The molecular formula is C31H28ClF2N7O2. The summed E-state index contributed by atoms with van der Waals surface area (Å²) in [6.45, 7) is 1.44. The van der Waals surface area contributed by atoms with Crippen LogP contribution in [-0.2, 0) is 11.3 Å². The average Bonchev–Trinajstić information content (AvgIpc) is 3.17. The Bertz CT molecular complexity index is 1690. The molecule has 9 nitrogen and oxygen atoms in total. The van der Waals surface area contributed by atoms with Crippen LogP contribution in [0.4, 0.5) is 20.4 Å². The maximum absolute atomic E-state index is 14.9. The van der Waals surface area contributed by atoms with Crippen molar-refractivity contribution < 1.29 is 18.4 Å². The van der Waals surface area contributed by atoms with Crippen LogP contribution in [0.3, 0.4) is 0 Å². The van der Waals surface area contributed by atoms with Gasteiger partial charge in [-0.2, -0.15) is 0 Å². The molecule has 6 rings (SSSR count). The molecule has 43 heavy (non-hydrogen) atoms. The minimum absolute atomic E-state index is 0.0641. The summed E-state index contributed by atoms with van der Waals surface area (Å²) in [5.41, 5.74) is 3.66. The van der Waals surface area contributed by atoms with Crippen molar-refractivity contribution in [3.63, 3.8) is 0 Å². The second-order valence-corrected chi connectivity index (χ2v) is 10.8. The molecule has 1 fully saturated rings. The number of nitrogens with one attached hydrogen (secondary N) is 3. The number of amides is 2. The second-order valence-electron chi connectivity index (χ2n) is 10.4. The summed E-state index contributed by atoms with van der Waals surface area (Å²) in [6, 6.07) is 11.6. The Morgan fingerprint density at radius 1 is 1.14 bits per heavy atom. The third-order valence-corrected chi connectivity index (χ3v) is 7.85. The van der Waals surface area contributed by atoms with Gasteiger partial charge in [0, 0.05) is 77.8 Å². The molecule has 220 valence electrons. The maximum atomic E-state index is 14.9. The number of aromatic nitrogens is 2. The molecule has 2 aliphatic heterocycles. The Labute approximate surface area is 251 Å². The largest absolute Gasteiger partial charge is 0.358 e. The minimum Gasteiger partial charge on any atom is -0.358 e. The van der Waals surface area contributed by atoms with E-state index in [0.717, 1.165) is 0 Å². The number of halogens is 3. The molecule has 2 aromatic carbocycles. The Kier molecular flexibility index (Phi) is 8.00. The first kappa shape index (κ1) is 28.6. The van der Waals surface area contributed by atoms with Crippen LogP contribution in [0, 0.1) is 0 Å². The van der Waals surface area contributed by atoms with E-state index in [1.54, 1.807) is 60.6 Å². The zero-order valence-corrected chi connectivity index (χ0v) is 24.0. The first-order valence-corrected chi connectivity index (χ1v) is 14.2. The van der Waals surface area contributed by atoms with Crippen molar-refractivity contribution >= 4 is 40.8 Å². The summed E-state index contributed by atoms with van der Waals surface area (Å²) in [4.78, 5) is 40.5. The molecule has 3 heterocycles. The highest BCUT2D eigenvalue weighted by atomic mass is 35.5. The fourth-order valence-electron chi connectivity index (χ4n) is 5.42. The van der Waals surface area contributed by atoms with E-state index in [9.17, 15) is 18.4 Å². The van der Waals surface area contributed by atoms with Crippen molar-refractivity contribution in [3.8, 4) is 11.3 Å². The number of fused-ring (bicyclic) bond motifs is 3. The number of anilines is 2. The SMILES string of the molecule is CNC(=O)C1CN(C(=O)c2ccc(Nc3ncc4c(n3)-c3ccc(Cl)cc3C(C3=C(F)C=CCC3F)=NC4)cc2)CCN1. The first-order chi connectivity index (χ1) is 20.8. The van der Waals surface area contributed by atoms with E-state index in [1.165, 1.54) is 12.2 Å². The first-order valence-electron chi connectivity index (χ1n) is 13.8. The summed E-state index contributed by atoms with van der Waals surface area (Å²) in [6.07, 6.45) is 2.91. The van der Waals surface area contributed by atoms with Crippen LogP contribution in [0.15, 0.2) is 77.2 Å². The Morgan fingerprint density at radius 2 is 1.95 bits per heavy atom. The number of nitrogens with zero attached hydrogens (tertiary/aromatic N) is 4. The highest BCUT2D eigenvalue weighted by Crippen LogP contribution is 2.37. The van der Waals surface area contributed by atoms with Crippen molar-refractivity contribution in [2.75, 3.05) is 32.0 Å². The van der Waals surface area contributed by atoms with Crippen molar-refractivity contribution in [1.29, 1.82) is 0 Å². The number of alkyl halides is 1. The predicted molar refractivity (Wildman–Crippen MR) is 161 cm³/mol. The number of hydrogen-bond donors (Lipinski definition) is 3. The number of rotatable bonds is 5. The molecule has 3 aliphatic rings. The fourth-order valence-corrected chi connectivity index (χ4v) is 5.59. The predicted octanol–water partition coefficient (Wildman–Crippen LogP) is 4.52. The van der Waals surface area contributed by atoms with Gasteiger partial charge in [0.1, 0.15) is 18.0 Å². The second kappa shape index (κ2) is 12.0. The Morgan fingerprint density at radius 3 is 2.72 bits per heavy atom. The number of carbonyl (C=O) groups is 2. The highest BCUT2D eigenvalue weighted by Gasteiger charge is 2.30. The number of hydrogen-bond acceptors (Lipinski definition) is 7. The molecule has 2 amide bonds. The smallest absolute Gasteiger partial charge is 0.253 e. The van der Waals surface area contributed by atoms with Crippen LogP contribution in [-0.4, -0.2) is 71.3 Å². The quantitative estimate of drug-likeness (QED) is 0.395. The average molecular weight is 604 g/mol. The number of benzene rings is 2. The number of piperazine rings is 1. The number of likely N-dealkylation sites (N-methyl/N-ethyl adjacent to an activating group) is 1. The van der Waals surface area contributed by atoms with Gasteiger partial charge in [0.25, 0.3) is 5.91 Å². The standard InChI is InChI=1S/C31H28ClF2N7O2/c1-35-29(42)25-16-41(12-11-36-25)30(43)17-5-8-20(9-6-17)39-31-38-15-18-14-37-28(26-23(33)3-2-4-24(26)34)22-13-19(32)7-10-21(22)27(18)40-31/h2-3,5-10,13,15,24-25,36H,4,11-12,14,16H2,1H3,(H,35,42)(H,38,39,40). The summed E-state index contributed by atoms with van der Waals surface area (Å²) in [5.74, 6) is -0.682. The van der Waals surface area contributed by atoms with Crippen LogP contribution >= 0.6 is 11.6 Å². The maximum Gasteiger partial charge on any atom is 0.253 e. The molecule has 3 N–H and O–H groups in total. The van der Waals surface area contributed by atoms with E-state index < -0.39 is 18.0 Å². The van der Waals surface area contributed by atoms with Crippen LogP contribution in [0.5, 0.6) is 0 Å². The van der Waals surface area contributed by atoms with Crippen LogP contribution in [0.2, 0.25) is 5.02 Å². The molecule has 1 aromatic heterocycles. The van der Waals surface area contributed by atoms with E-state index in [1.807, 2.05) is 0 Å². The lowest BCUT2D eigenvalue weighted by molar-refractivity contribution is -0.123. The molecule has 0 spiro atoms. The lowest BCUT2D eigenvalue weighted by Gasteiger charge is -2.32. The van der Waals surface area contributed by atoms with E-state index >= 15 is 0 Å². The molecule has 12 heteroatoms. The Balaban J connectivity index is 1.24. The van der Waals surface area contributed by atoms with Gasteiger partial charge in [0.2, 0.25) is 11.9 Å². The lowest BCUT2D eigenvalue weighted by Crippen LogP contribution is -2.57. The van der Waals surface area contributed by atoms with Gasteiger partial charge < -0.3 is 20.9 Å². The topological polar surface area (TPSA) is 112 Å². The number of allylic oxidation sites excluding steroid dienone is 4. The molecule has 0 bridgehead atoms. The zero-order chi connectivity index (χ0) is 30.1. The molecule has 1 saturated heterocycles. The molecule has 2 atom stereocenters. The van der Waals surface area contributed by atoms with E-state index in [-0.39, 0.29) is 42.6 Å². The molecule has 2 unspecified atom stereocenters. The van der Waals surface area contributed by atoms with Gasteiger partial charge in [-0.05, 0) is 42.5 Å². The van der Waals surface area contributed by atoms with Crippen molar-refractivity contribution in [3.05, 3.63) is 93.9 Å². The number of carbonyl (C=O) groups excluding carboxylic acids is 2. The van der Waals surface area contributed by atoms with Crippen molar-refractivity contribution in [2.24, 2.45) is 4.99 Å². The van der Waals surface area contributed by atoms with Crippen molar-refractivity contribution in [1.82, 2.24) is 25.5 Å². The van der Waals surface area contributed by atoms with E-state index in [2.05, 4.69) is 25.9 Å². The third kappa shape index (κ3) is 5.78. The number of aliphatic imine (C=N–C) groups is 1. The van der Waals surface area contributed by atoms with Gasteiger partial charge in [0.05, 0.1) is 18.0 Å². The molecule has 0 saturated carbocycles. The van der Waals surface area contributed by atoms with Gasteiger partial charge in [-0.15, -0.1) is 0 Å². The van der Waals surface area contributed by atoms with Gasteiger partial charge in [0.15, 0.2) is 0 Å². The molecule has 0 radical (unpaired) electrons. The van der Waals surface area contributed by atoms with Crippen LogP contribution in [0.1, 0.15) is 27.9 Å². The summed E-state index contributed by atoms with van der Waals surface area (Å²) in [5, 5.41) is 9.30. The van der Waals surface area contributed by atoms with Gasteiger partial charge >= 0.3 is 0 Å². The van der Waals surface area contributed by atoms with E-state index in [4.69, 9.17) is 16.6 Å². The molecule has 3 aromatic rings. The lowest BCUT2D eigenvalue weighted by atomic mass is 9.90. The van der Waals surface area contributed by atoms with Gasteiger partial charge in [-0.1, -0.05) is 23.7 Å². The monoisotopic (exact) mass is 603 g/mol. The highest BCUT2D eigenvalue weighted by molar-refractivity contribution is 6.31. The summed E-state index contributed by atoms with van der Waals surface area (Å²) < 4.78 is 29.8. The van der Waals surface area contributed by atoms with Crippen molar-refractivity contribution in [2.45, 2.75) is 25.2 Å². The zero-order valence-electron chi connectivity index (χ0n) is 23.2. The Hall–Kier alpha value is -4.48. The summed E-state index contributed by atoms with van der Waals surface area (Å²) >= 11 is 6.32. The minimum atomic E-state index is -1.53. The molecular weight excluding hydrogens is 576 g/mol. The summed E-state index contributed by atoms with van der Waals surface area (Å²) in [7, 11) is 1.57. The van der Waals surface area contributed by atoms with Crippen LogP contribution in [0.25, 0.3) is 11.3 Å². The normalized spacial score (nSPS) is 19.6.